The molecule has 0 bridgehead atoms. The largest absolute Gasteiger partial charge is 0.379 e. The van der Waals surface area contributed by atoms with Crippen LogP contribution in [0.4, 0.5) is 0 Å². The Labute approximate surface area is 168 Å². The topological polar surface area (TPSA) is 61.8 Å². The lowest BCUT2D eigenvalue weighted by molar-refractivity contribution is 0.0220. The number of morpholine rings is 1. The van der Waals surface area contributed by atoms with Crippen molar-refractivity contribution in [3.63, 3.8) is 0 Å². The molecule has 1 atom stereocenters. The average molecular weight is 461 g/mol. The highest BCUT2D eigenvalue weighted by Crippen LogP contribution is 2.04. The van der Waals surface area contributed by atoms with Gasteiger partial charge in [-0.2, -0.15) is 0 Å². The molecule has 1 fully saturated rings. The molecule has 0 saturated carbocycles. The zero-order chi connectivity index (χ0) is 17.2. The van der Waals surface area contributed by atoms with Crippen LogP contribution in [-0.2, 0) is 11.2 Å². The normalized spacial score (nSPS) is 16.8. The molecule has 6 nitrogen and oxygen atoms in total. The number of rotatable bonds is 7. The monoisotopic (exact) mass is 461 g/mol. The molecule has 7 heteroatoms. The first-order chi connectivity index (χ1) is 11.7. The van der Waals surface area contributed by atoms with E-state index in [2.05, 4.69) is 46.5 Å². The van der Waals surface area contributed by atoms with Gasteiger partial charge in [0, 0.05) is 44.1 Å². The van der Waals surface area contributed by atoms with Crippen LogP contribution in [0.1, 0.15) is 25.1 Å². The SMILES string of the molecule is CCNC(=NCC(C)N1CCOCC1)NCCc1ccc(C)nc1.I. The first kappa shape index (κ1) is 22.1. The van der Waals surface area contributed by atoms with Gasteiger partial charge in [-0.25, -0.2) is 0 Å². The maximum Gasteiger partial charge on any atom is 0.191 e. The van der Waals surface area contributed by atoms with Gasteiger partial charge in [-0.1, -0.05) is 6.07 Å². The summed E-state index contributed by atoms with van der Waals surface area (Å²) in [6.45, 7) is 12.5. The van der Waals surface area contributed by atoms with Crippen LogP contribution >= 0.6 is 24.0 Å². The van der Waals surface area contributed by atoms with Gasteiger partial charge in [-0.15, -0.1) is 24.0 Å². The zero-order valence-electron chi connectivity index (χ0n) is 15.6. The van der Waals surface area contributed by atoms with Gasteiger partial charge in [0.1, 0.15) is 0 Å². The molecule has 1 aliphatic rings. The number of halogens is 1. The lowest BCUT2D eigenvalue weighted by Gasteiger charge is -2.31. The minimum atomic E-state index is 0. The van der Waals surface area contributed by atoms with Crippen molar-refractivity contribution in [1.29, 1.82) is 0 Å². The van der Waals surface area contributed by atoms with Crippen molar-refractivity contribution < 1.29 is 4.74 Å². The first-order valence-corrected chi connectivity index (χ1v) is 8.94. The number of ether oxygens (including phenoxy) is 1. The third-order valence-corrected chi connectivity index (χ3v) is 4.21. The summed E-state index contributed by atoms with van der Waals surface area (Å²) in [5.41, 5.74) is 2.30. The predicted octanol–water partition coefficient (Wildman–Crippen LogP) is 1.83. The number of nitrogens with one attached hydrogen (secondary N) is 2. The summed E-state index contributed by atoms with van der Waals surface area (Å²) >= 11 is 0. The number of aliphatic imine (C=N–C) groups is 1. The minimum Gasteiger partial charge on any atom is -0.379 e. The third-order valence-electron chi connectivity index (χ3n) is 4.21. The molecule has 1 aliphatic heterocycles. The number of hydrogen-bond donors (Lipinski definition) is 2. The number of aryl methyl sites for hydroxylation is 1. The second kappa shape index (κ2) is 12.4. The fourth-order valence-corrected chi connectivity index (χ4v) is 2.67. The number of aromatic nitrogens is 1. The molecule has 1 saturated heterocycles. The van der Waals surface area contributed by atoms with Crippen molar-refractivity contribution in [2.75, 3.05) is 45.9 Å². The van der Waals surface area contributed by atoms with Crippen molar-refractivity contribution in [3.05, 3.63) is 29.6 Å². The van der Waals surface area contributed by atoms with Gasteiger partial charge in [0.05, 0.1) is 19.8 Å². The fourth-order valence-electron chi connectivity index (χ4n) is 2.67. The van der Waals surface area contributed by atoms with Crippen LogP contribution in [-0.4, -0.2) is 67.8 Å². The standard InChI is InChI=1S/C18H31N5O.HI/c1-4-19-18(20-8-7-17-6-5-15(2)21-14-17)22-13-16(3)23-9-11-24-12-10-23;/h5-6,14,16H,4,7-13H2,1-3H3,(H2,19,20,22);1H. The Bertz CT molecular complexity index is 503. The second-order valence-corrected chi connectivity index (χ2v) is 6.20. The van der Waals surface area contributed by atoms with E-state index >= 15 is 0 Å². The van der Waals surface area contributed by atoms with E-state index in [4.69, 9.17) is 9.73 Å². The van der Waals surface area contributed by atoms with Gasteiger partial charge >= 0.3 is 0 Å². The molecule has 25 heavy (non-hydrogen) atoms. The summed E-state index contributed by atoms with van der Waals surface area (Å²) in [5.74, 6) is 0.887. The van der Waals surface area contributed by atoms with E-state index in [9.17, 15) is 0 Å². The summed E-state index contributed by atoms with van der Waals surface area (Å²) in [6, 6.07) is 4.62. The summed E-state index contributed by atoms with van der Waals surface area (Å²) in [6.07, 6.45) is 2.89. The van der Waals surface area contributed by atoms with Crippen LogP contribution in [0.15, 0.2) is 23.3 Å². The highest BCUT2D eigenvalue weighted by molar-refractivity contribution is 14.0. The van der Waals surface area contributed by atoms with E-state index in [-0.39, 0.29) is 24.0 Å². The summed E-state index contributed by atoms with van der Waals surface area (Å²) in [5, 5.41) is 6.73. The molecule has 0 spiro atoms. The smallest absolute Gasteiger partial charge is 0.191 e. The Morgan fingerprint density at radius 2 is 2.08 bits per heavy atom. The van der Waals surface area contributed by atoms with Crippen molar-refractivity contribution in [3.8, 4) is 0 Å². The van der Waals surface area contributed by atoms with E-state index < -0.39 is 0 Å². The quantitative estimate of drug-likeness (QED) is 0.369. The van der Waals surface area contributed by atoms with Gasteiger partial charge in [-0.05, 0) is 38.8 Å². The second-order valence-electron chi connectivity index (χ2n) is 6.20. The fraction of sp³-hybridized carbons (Fsp3) is 0.667. The van der Waals surface area contributed by atoms with Gasteiger partial charge in [0.25, 0.3) is 0 Å². The van der Waals surface area contributed by atoms with Gasteiger partial charge < -0.3 is 15.4 Å². The van der Waals surface area contributed by atoms with Gasteiger partial charge in [0.15, 0.2) is 5.96 Å². The number of hydrogen-bond acceptors (Lipinski definition) is 4. The van der Waals surface area contributed by atoms with Crippen molar-refractivity contribution >= 4 is 29.9 Å². The van der Waals surface area contributed by atoms with Crippen molar-refractivity contribution in [2.45, 2.75) is 33.2 Å². The van der Waals surface area contributed by atoms with Gasteiger partial charge in [-0.3, -0.25) is 14.9 Å². The highest BCUT2D eigenvalue weighted by atomic mass is 127. The summed E-state index contributed by atoms with van der Waals surface area (Å²) in [4.78, 5) is 11.5. The van der Waals surface area contributed by atoms with E-state index in [1.807, 2.05) is 13.1 Å². The van der Waals surface area contributed by atoms with Crippen LogP contribution in [0.5, 0.6) is 0 Å². The lowest BCUT2D eigenvalue weighted by atomic mass is 10.2. The number of pyridine rings is 1. The third kappa shape index (κ3) is 8.33. The molecule has 2 heterocycles. The van der Waals surface area contributed by atoms with Crippen LogP contribution in [0.3, 0.4) is 0 Å². The number of nitrogens with zero attached hydrogens (tertiary/aromatic N) is 3. The molecule has 1 aromatic heterocycles. The van der Waals surface area contributed by atoms with E-state index in [1.165, 1.54) is 5.56 Å². The molecule has 1 aromatic rings. The molecule has 0 aromatic carbocycles. The van der Waals surface area contributed by atoms with E-state index in [0.717, 1.165) is 64.0 Å². The lowest BCUT2D eigenvalue weighted by Crippen LogP contribution is -2.44. The van der Waals surface area contributed by atoms with Gasteiger partial charge in [0.2, 0.25) is 0 Å². The first-order valence-electron chi connectivity index (χ1n) is 8.94. The number of guanidine groups is 1. The van der Waals surface area contributed by atoms with Crippen LogP contribution in [0.25, 0.3) is 0 Å². The van der Waals surface area contributed by atoms with E-state index in [1.54, 1.807) is 0 Å². The van der Waals surface area contributed by atoms with Crippen molar-refractivity contribution in [2.24, 2.45) is 4.99 Å². The summed E-state index contributed by atoms with van der Waals surface area (Å²) < 4.78 is 5.41. The average Bonchev–Trinajstić information content (AvgIpc) is 2.62. The minimum absolute atomic E-state index is 0. The summed E-state index contributed by atoms with van der Waals surface area (Å²) in [7, 11) is 0. The molecule has 2 rings (SSSR count). The zero-order valence-corrected chi connectivity index (χ0v) is 18.0. The highest BCUT2D eigenvalue weighted by Gasteiger charge is 2.16. The molecule has 142 valence electrons. The molecular formula is C18H32IN5O. The molecule has 0 aliphatic carbocycles. The molecule has 0 amide bonds. The Balaban J connectivity index is 0.00000312. The maximum absolute atomic E-state index is 5.41. The Hall–Kier alpha value is -0.930. The van der Waals surface area contributed by atoms with Crippen LogP contribution in [0, 0.1) is 6.92 Å². The molecule has 2 N–H and O–H groups in total. The Kier molecular flexibility index (Phi) is 11.0. The Morgan fingerprint density at radius 1 is 1.32 bits per heavy atom. The molecule has 1 unspecified atom stereocenters. The van der Waals surface area contributed by atoms with Crippen LogP contribution < -0.4 is 10.6 Å². The maximum atomic E-state index is 5.41. The predicted molar refractivity (Wildman–Crippen MR) is 114 cm³/mol. The molecule has 0 radical (unpaired) electrons. The van der Waals surface area contributed by atoms with Crippen LogP contribution in [0.2, 0.25) is 0 Å². The van der Waals surface area contributed by atoms with Crippen molar-refractivity contribution in [1.82, 2.24) is 20.5 Å². The molecular weight excluding hydrogens is 429 g/mol. The Morgan fingerprint density at radius 3 is 2.72 bits per heavy atom. The van der Waals surface area contributed by atoms with E-state index in [0.29, 0.717) is 6.04 Å².